The van der Waals surface area contributed by atoms with Crippen molar-refractivity contribution < 1.29 is 10.2 Å². The van der Waals surface area contributed by atoms with Crippen LogP contribution in [0.1, 0.15) is 0 Å². The van der Waals surface area contributed by atoms with Crippen LogP contribution >= 0.6 is 0 Å². The molecule has 0 atom stereocenters. The van der Waals surface area contributed by atoms with E-state index in [9.17, 15) is 15.0 Å². The standard InChI is InChI=1S/C25H18N2O3/c28-23-15-24(29)22(27-21-9-5-4-8-20(21)26-25(27)30)14-19(23)18-12-10-17(11-13-18)16-6-2-1-3-7-16/h1-15,28-29H,(H,26,30). The Kier molecular flexibility index (Phi) is 4.14. The maximum atomic E-state index is 12.6. The second-order valence-electron chi connectivity index (χ2n) is 7.08. The second kappa shape index (κ2) is 6.97. The third-order valence-corrected chi connectivity index (χ3v) is 5.23. The fraction of sp³-hybridized carbons (Fsp3) is 0. The van der Waals surface area contributed by atoms with Gasteiger partial charge in [-0.3, -0.25) is 4.57 Å². The van der Waals surface area contributed by atoms with Crippen molar-refractivity contribution in [3.8, 4) is 39.4 Å². The molecule has 5 aromatic rings. The predicted molar refractivity (Wildman–Crippen MR) is 118 cm³/mol. The van der Waals surface area contributed by atoms with Gasteiger partial charge in [-0.05, 0) is 34.9 Å². The molecule has 0 fully saturated rings. The van der Waals surface area contributed by atoms with Crippen LogP contribution in [0.25, 0.3) is 39.0 Å². The van der Waals surface area contributed by atoms with Gasteiger partial charge in [-0.2, -0.15) is 0 Å². The summed E-state index contributed by atoms with van der Waals surface area (Å²) >= 11 is 0. The number of phenols is 2. The van der Waals surface area contributed by atoms with Gasteiger partial charge in [0.1, 0.15) is 11.5 Å². The first kappa shape index (κ1) is 17.8. The lowest BCUT2D eigenvalue weighted by atomic mass is 9.99. The Morgan fingerprint density at radius 1 is 0.667 bits per heavy atom. The molecule has 0 radical (unpaired) electrons. The lowest BCUT2D eigenvalue weighted by Gasteiger charge is -2.12. The molecule has 0 bridgehead atoms. The molecule has 3 N–H and O–H groups in total. The number of nitrogens with zero attached hydrogens (tertiary/aromatic N) is 1. The molecular weight excluding hydrogens is 376 g/mol. The molecule has 0 unspecified atom stereocenters. The van der Waals surface area contributed by atoms with E-state index in [2.05, 4.69) is 4.98 Å². The molecule has 1 heterocycles. The van der Waals surface area contributed by atoms with E-state index in [4.69, 9.17) is 0 Å². The molecule has 0 spiro atoms. The molecule has 30 heavy (non-hydrogen) atoms. The molecule has 146 valence electrons. The fourth-order valence-corrected chi connectivity index (χ4v) is 3.74. The van der Waals surface area contributed by atoms with E-state index >= 15 is 0 Å². The molecule has 0 saturated heterocycles. The summed E-state index contributed by atoms with van der Waals surface area (Å²) in [6.07, 6.45) is 0. The first-order valence-corrected chi connectivity index (χ1v) is 9.54. The maximum Gasteiger partial charge on any atom is 0.331 e. The molecule has 0 saturated carbocycles. The molecular formula is C25H18N2O3. The van der Waals surface area contributed by atoms with Gasteiger partial charge in [0.15, 0.2) is 0 Å². The number of phenolic OH excluding ortho intramolecular Hbond substituents is 2. The number of H-pyrrole nitrogens is 1. The normalized spacial score (nSPS) is 11.1. The van der Waals surface area contributed by atoms with Crippen LogP contribution in [0.2, 0.25) is 0 Å². The highest BCUT2D eigenvalue weighted by Gasteiger charge is 2.16. The maximum absolute atomic E-state index is 12.6. The van der Waals surface area contributed by atoms with E-state index in [0.717, 1.165) is 16.7 Å². The first-order chi connectivity index (χ1) is 14.6. The second-order valence-corrected chi connectivity index (χ2v) is 7.08. The number of imidazole rings is 1. The summed E-state index contributed by atoms with van der Waals surface area (Å²) in [7, 11) is 0. The summed E-state index contributed by atoms with van der Waals surface area (Å²) in [5.41, 5.74) is 4.73. The molecule has 0 aliphatic carbocycles. The molecule has 0 aliphatic heterocycles. The fourth-order valence-electron chi connectivity index (χ4n) is 3.74. The van der Waals surface area contributed by atoms with Crippen molar-refractivity contribution >= 4 is 11.0 Å². The molecule has 5 nitrogen and oxygen atoms in total. The number of rotatable bonds is 3. The highest BCUT2D eigenvalue weighted by molar-refractivity contribution is 5.81. The van der Waals surface area contributed by atoms with Gasteiger partial charge >= 0.3 is 5.69 Å². The lowest BCUT2D eigenvalue weighted by Crippen LogP contribution is -2.14. The third kappa shape index (κ3) is 2.93. The number of fused-ring (bicyclic) bond motifs is 1. The van der Waals surface area contributed by atoms with E-state index in [1.807, 2.05) is 66.7 Å². The van der Waals surface area contributed by atoms with Gasteiger partial charge < -0.3 is 15.2 Å². The van der Waals surface area contributed by atoms with E-state index in [-0.39, 0.29) is 17.2 Å². The number of aromatic hydroxyl groups is 2. The Morgan fingerprint density at radius 3 is 2.07 bits per heavy atom. The highest BCUT2D eigenvalue weighted by atomic mass is 16.3. The molecule has 0 amide bonds. The van der Waals surface area contributed by atoms with Crippen molar-refractivity contribution in [2.24, 2.45) is 0 Å². The van der Waals surface area contributed by atoms with Gasteiger partial charge in [0, 0.05) is 11.6 Å². The summed E-state index contributed by atoms with van der Waals surface area (Å²) in [6.45, 7) is 0. The zero-order valence-corrected chi connectivity index (χ0v) is 15.9. The van der Waals surface area contributed by atoms with Gasteiger partial charge in [0.25, 0.3) is 0 Å². The van der Waals surface area contributed by atoms with E-state index in [1.165, 1.54) is 10.6 Å². The molecule has 1 aromatic heterocycles. The minimum Gasteiger partial charge on any atom is -0.507 e. The number of benzene rings is 4. The summed E-state index contributed by atoms with van der Waals surface area (Å²) in [6, 6.07) is 28.0. The van der Waals surface area contributed by atoms with E-state index in [0.29, 0.717) is 22.3 Å². The molecule has 0 aliphatic rings. The van der Waals surface area contributed by atoms with Crippen LogP contribution in [0.3, 0.4) is 0 Å². The molecule has 5 heteroatoms. The van der Waals surface area contributed by atoms with Crippen molar-refractivity contribution in [3.05, 3.63) is 101 Å². The van der Waals surface area contributed by atoms with Crippen molar-refractivity contribution in [1.82, 2.24) is 9.55 Å². The third-order valence-electron chi connectivity index (χ3n) is 5.23. The number of para-hydroxylation sites is 2. The van der Waals surface area contributed by atoms with Crippen molar-refractivity contribution in [1.29, 1.82) is 0 Å². The summed E-state index contributed by atoms with van der Waals surface area (Å²) < 4.78 is 1.41. The van der Waals surface area contributed by atoms with Crippen LogP contribution in [0, 0.1) is 0 Å². The van der Waals surface area contributed by atoms with Crippen LogP contribution in [0.4, 0.5) is 0 Å². The van der Waals surface area contributed by atoms with Crippen LogP contribution in [0.15, 0.2) is 95.8 Å². The topological polar surface area (TPSA) is 78.2 Å². The Labute approximate surface area is 172 Å². The zero-order valence-electron chi connectivity index (χ0n) is 15.9. The minimum atomic E-state index is -0.359. The van der Waals surface area contributed by atoms with Gasteiger partial charge in [-0.1, -0.05) is 66.7 Å². The number of hydrogen-bond acceptors (Lipinski definition) is 3. The Balaban J connectivity index is 1.64. The smallest absolute Gasteiger partial charge is 0.331 e. The summed E-state index contributed by atoms with van der Waals surface area (Å²) in [4.78, 5) is 15.3. The van der Waals surface area contributed by atoms with Crippen molar-refractivity contribution in [2.45, 2.75) is 0 Å². The predicted octanol–water partition coefficient (Wildman–Crippen LogP) is 5.06. The molecule has 5 rings (SSSR count). The highest BCUT2D eigenvalue weighted by Crippen LogP contribution is 2.37. The minimum absolute atomic E-state index is 0.0587. The summed E-state index contributed by atoms with van der Waals surface area (Å²) in [5, 5.41) is 21.0. The van der Waals surface area contributed by atoms with Crippen LogP contribution in [-0.4, -0.2) is 19.8 Å². The Hall–Kier alpha value is -4.25. The van der Waals surface area contributed by atoms with Crippen LogP contribution in [-0.2, 0) is 0 Å². The number of hydrogen-bond donors (Lipinski definition) is 3. The van der Waals surface area contributed by atoms with Crippen molar-refractivity contribution in [3.63, 3.8) is 0 Å². The molecule has 4 aromatic carbocycles. The average Bonchev–Trinajstić information content (AvgIpc) is 3.10. The van der Waals surface area contributed by atoms with E-state index in [1.54, 1.807) is 18.2 Å². The Bertz CT molecular complexity index is 1420. The quantitative estimate of drug-likeness (QED) is 0.400. The van der Waals surface area contributed by atoms with Crippen LogP contribution in [0.5, 0.6) is 11.5 Å². The summed E-state index contributed by atoms with van der Waals surface area (Å²) in [5.74, 6) is -0.236. The lowest BCUT2D eigenvalue weighted by molar-refractivity contribution is 0.450. The van der Waals surface area contributed by atoms with Crippen LogP contribution < -0.4 is 5.69 Å². The van der Waals surface area contributed by atoms with E-state index < -0.39 is 0 Å². The average molecular weight is 394 g/mol. The largest absolute Gasteiger partial charge is 0.507 e. The Morgan fingerprint density at radius 2 is 1.30 bits per heavy atom. The number of aromatic amines is 1. The zero-order chi connectivity index (χ0) is 20.7. The van der Waals surface area contributed by atoms with Gasteiger partial charge in [0.2, 0.25) is 0 Å². The SMILES string of the molecule is O=c1[nH]c2ccccc2n1-c1cc(-c2ccc(-c3ccccc3)cc2)c(O)cc1O. The van der Waals surface area contributed by atoms with Gasteiger partial charge in [-0.15, -0.1) is 0 Å². The first-order valence-electron chi connectivity index (χ1n) is 9.54. The monoisotopic (exact) mass is 394 g/mol. The van der Waals surface area contributed by atoms with Gasteiger partial charge in [-0.25, -0.2) is 4.79 Å². The van der Waals surface area contributed by atoms with Gasteiger partial charge in [0.05, 0.1) is 16.7 Å². The number of nitrogens with one attached hydrogen (secondary N) is 1. The van der Waals surface area contributed by atoms with Crippen molar-refractivity contribution in [2.75, 3.05) is 0 Å². The number of aromatic nitrogens is 2.